The molecule has 0 aliphatic heterocycles. The third kappa shape index (κ3) is 5.32. The van der Waals surface area contributed by atoms with Gasteiger partial charge < -0.3 is 11.1 Å². The number of aryl methyl sites for hydroxylation is 2. The smallest absolute Gasteiger partial charge is 0.389 e. The SMILES string of the molecule is Cc1cc(C)c(C(N)=S)c(NCCCCC(F)(F)F)n1. The lowest BCUT2D eigenvalue weighted by Gasteiger charge is -2.14. The van der Waals surface area contributed by atoms with E-state index in [0.717, 1.165) is 11.3 Å². The maximum atomic E-state index is 12.0. The first-order chi connectivity index (χ1) is 9.20. The summed E-state index contributed by atoms with van der Waals surface area (Å²) in [5, 5.41) is 3.02. The maximum Gasteiger partial charge on any atom is 0.389 e. The Hall–Kier alpha value is -1.37. The van der Waals surface area contributed by atoms with Crippen molar-refractivity contribution in [1.29, 1.82) is 0 Å². The predicted molar refractivity (Wildman–Crippen MR) is 78.0 cm³/mol. The van der Waals surface area contributed by atoms with E-state index in [0.29, 0.717) is 24.3 Å². The highest BCUT2D eigenvalue weighted by atomic mass is 32.1. The standard InChI is InChI=1S/C13H18F3N3S/c1-8-7-9(2)19-12(10(8)11(17)20)18-6-4-3-5-13(14,15)16/h7H,3-6H2,1-2H3,(H2,17,20)(H,18,19). The number of nitrogens with zero attached hydrogens (tertiary/aromatic N) is 1. The van der Waals surface area contributed by atoms with Gasteiger partial charge in [0.15, 0.2) is 0 Å². The molecule has 3 N–H and O–H groups in total. The molecule has 0 saturated carbocycles. The van der Waals surface area contributed by atoms with Crippen molar-refractivity contribution in [1.82, 2.24) is 4.98 Å². The summed E-state index contributed by atoms with van der Waals surface area (Å²) in [7, 11) is 0. The van der Waals surface area contributed by atoms with Crippen molar-refractivity contribution >= 4 is 23.0 Å². The van der Waals surface area contributed by atoms with Gasteiger partial charge in [0.1, 0.15) is 10.8 Å². The monoisotopic (exact) mass is 305 g/mol. The number of aromatic nitrogens is 1. The second-order valence-electron chi connectivity index (χ2n) is 4.67. The van der Waals surface area contributed by atoms with Gasteiger partial charge in [0, 0.05) is 18.7 Å². The molecule has 0 unspecified atom stereocenters. The Bertz CT molecular complexity index is 486. The lowest BCUT2D eigenvalue weighted by Crippen LogP contribution is -2.17. The molecule has 0 saturated heterocycles. The number of hydrogen-bond acceptors (Lipinski definition) is 3. The third-order valence-electron chi connectivity index (χ3n) is 2.77. The van der Waals surface area contributed by atoms with E-state index in [-0.39, 0.29) is 11.4 Å². The molecule has 20 heavy (non-hydrogen) atoms. The molecule has 0 aliphatic rings. The summed E-state index contributed by atoms with van der Waals surface area (Å²) < 4.78 is 36.0. The highest BCUT2D eigenvalue weighted by Gasteiger charge is 2.25. The number of unbranched alkanes of at least 4 members (excludes halogenated alkanes) is 1. The molecule has 1 heterocycles. The summed E-state index contributed by atoms with van der Waals surface area (Å²) in [6.45, 7) is 4.12. The van der Waals surface area contributed by atoms with Crippen molar-refractivity contribution in [2.24, 2.45) is 5.73 Å². The molecule has 0 bridgehead atoms. The number of nitrogens with one attached hydrogen (secondary N) is 1. The molecule has 0 aromatic carbocycles. The van der Waals surface area contributed by atoms with Crippen LogP contribution < -0.4 is 11.1 Å². The van der Waals surface area contributed by atoms with Crippen molar-refractivity contribution in [3.8, 4) is 0 Å². The highest BCUT2D eigenvalue weighted by Crippen LogP contribution is 2.22. The van der Waals surface area contributed by atoms with Crippen LogP contribution in [0.25, 0.3) is 0 Å². The number of alkyl halides is 3. The van der Waals surface area contributed by atoms with E-state index in [2.05, 4.69) is 10.3 Å². The van der Waals surface area contributed by atoms with Gasteiger partial charge in [0.25, 0.3) is 0 Å². The fourth-order valence-corrected chi connectivity index (χ4v) is 2.19. The molecule has 112 valence electrons. The van der Waals surface area contributed by atoms with Crippen molar-refractivity contribution in [2.75, 3.05) is 11.9 Å². The molecule has 0 amide bonds. The molecule has 7 heteroatoms. The zero-order valence-electron chi connectivity index (χ0n) is 11.5. The number of pyridine rings is 1. The van der Waals surface area contributed by atoms with Crippen LogP contribution in [0.3, 0.4) is 0 Å². The summed E-state index contributed by atoms with van der Waals surface area (Å²) in [6.07, 6.45) is -4.37. The number of rotatable bonds is 6. The van der Waals surface area contributed by atoms with Crippen molar-refractivity contribution in [3.05, 3.63) is 22.9 Å². The quantitative estimate of drug-likeness (QED) is 0.624. The summed E-state index contributed by atoms with van der Waals surface area (Å²) in [6, 6.07) is 1.86. The third-order valence-corrected chi connectivity index (χ3v) is 2.97. The van der Waals surface area contributed by atoms with E-state index in [4.69, 9.17) is 18.0 Å². The van der Waals surface area contributed by atoms with Crippen LogP contribution in [0.5, 0.6) is 0 Å². The predicted octanol–water partition coefficient (Wildman–Crippen LogP) is 3.48. The van der Waals surface area contributed by atoms with Gasteiger partial charge in [-0.05, 0) is 38.3 Å². The summed E-state index contributed by atoms with van der Waals surface area (Å²) in [5.74, 6) is 0.544. The van der Waals surface area contributed by atoms with Gasteiger partial charge in [-0.15, -0.1) is 0 Å². The molecular weight excluding hydrogens is 287 g/mol. The Kier molecular flexibility index (Phi) is 5.74. The van der Waals surface area contributed by atoms with Crippen molar-refractivity contribution in [2.45, 2.75) is 39.3 Å². The van der Waals surface area contributed by atoms with Gasteiger partial charge in [0.2, 0.25) is 0 Å². The number of thiocarbonyl (C=S) groups is 1. The molecule has 0 radical (unpaired) electrons. The van der Waals surface area contributed by atoms with Crippen LogP contribution in [0.2, 0.25) is 0 Å². The Balaban J connectivity index is 2.62. The zero-order chi connectivity index (χ0) is 15.3. The topological polar surface area (TPSA) is 50.9 Å². The van der Waals surface area contributed by atoms with E-state index in [1.165, 1.54) is 0 Å². The van der Waals surface area contributed by atoms with Crippen LogP contribution in [0, 0.1) is 13.8 Å². The fraction of sp³-hybridized carbons (Fsp3) is 0.538. The molecule has 3 nitrogen and oxygen atoms in total. The number of halogens is 3. The average molecular weight is 305 g/mol. The van der Waals surface area contributed by atoms with E-state index < -0.39 is 12.6 Å². The Morgan fingerprint density at radius 2 is 2.00 bits per heavy atom. The largest absolute Gasteiger partial charge is 0.389 e. The first-order valence-electron chi connectivity index (χ1n) is 6.29. The minimum atomic E-state index is -4.10. The van der Waals surface area contributed by atoms with Gasteiger partial charge in [-0.2, -0.15) is 13.2 Å². The first kappa shape index (κ1) is 16.7. The molecule has 1 rings (SSSR count). The number of anilines is 1. The van der Waals surface area contributed by atoms with E-state index in [1.807, 2.05) is 19.9 Å². The van der Waals surface area contributed by atoms with Gasteiger partial charge >= 0.3 is 6.18 Å². The van der Waals surface area contributed by atoms with Crippen LogP contribution in [0.15, 0.2) is 6.07 Å². The van der Waals surface area contributed by atoms with Crippen LogP contribution in [-0.2, 0) is 0 Å². The Morgan fingerprint density at radius 1 is 1.35 bits per heavy atom. The first-order valence-corrected chi connectivity index (χ1v) is 6.70. The van der Waals surface area contributed by atoms with Crippen LogP contribution in [0.4, 0.5) is 19.0 Å². The Labute approximate surface area is 121 Å². The van der Waals surface area contributed by atoms with Crippen LogP contribution in [-0.4, -0.2) is 22.7 Å². The normalized spacial score (nSPS) is 11.4. The molecule has 0 atom stereocenters. The Morgan fingerprint density at radius 3 is 2.55 bits per heavy atom. The average Bonchev–Trinajstić information content (AvgIpc) is 2.25. The highest BCUT2D eigenvalue weighted by molar-refractivity contribution is 7.80. The summed E-state index contributed by atoms with van der Waals surface area (Å²) in [5.41, 5.74) is 8.02. The van der Waals surface area contributed by atoms with Crippen LogP contribution in [0.1, 0.15) is 36.1 Å². The van der Waals surface area contributed by atoms with Crippen LogP contribution >= 0.6 is 12.2 Å². The van der Waals surface area contributed by atoms with Gasteiger partial charge in [-0.1, -0.05) is 12.2 Å². The summed E-state index contributed by atoms with van der Waals surface area (Å²) in [4.78, 5) is 4.53. The van der Waals surface area contributed by atoms with Crippen molar-refractivity contribution in [3.63, 3.8) is 0 Å². The number of nitrogens with two attached hydrogens (primary N) is 1. The fourth-order valence-electron chi connectivity index (χ4n) is 1.93. The van der Waals surface area contributed by atoms with E-state index in [9.17, 15) is 13.2 Å². The van der Waals surface area contributed by atoms with Crippen molar-refractivity contribution < 1.29 is 13.2 Å². The molecule has 0 spiro atoms. The molecule has 1 aromatic rings. The zero-order valence-corrected chi connectivity index (χ0v) is 12.3. The summed E-state index contributed by atoms with van der Waals surface area (Å²) >= 11 is 4.98. The van der Waals surface area contributed by atoms with E-state index in [1.54, 1.807) is 0 Å². The van der Waals surface area contributed by atoms with Gasteiger partial charge in [0.05, 0.1) is 5.56 Å². The molecular formula is C13H18F3N3S. The molecule has 0 aliphatic carbocycles. The van der Waals surface area contributed by atoms with Gasteiger partial charge in [-0.25, -0.2) is 4.98 Å². The lowest BCUT2D eigenvalue weighted by atomic mass is 10.1. The van der Waals surface area contributed by atoms with E-state index >= 15 is 0 Å². The molecule has 1 aromatic heterocycles. The minimum Gasteiger partial charge on any atom is -0.389 e. The number of hydrogen-bond donors (Lipinski definition) is 2. The molecule has 0 fully saturated rings. The second kappa shape index (κ2) is 6.88. The van der Waals surface area contributed by atoms with Gasteiger partial charge in [-0.3, -0.25) is 0 Å². The lowest BCUT2D eigenvalue weighted by molar-refractivity contribution is -0.135. The maximum absolute atomic E-state index is 12.0. The second-order valence-corrected chi connectivity index (χ2v) is 5.11. The minimum absolute atomic E-state index is 0.0870.